The Kier molecular flexibility index (Phi) is 4.69. The Bertz CT molecular complexity index is 390. The number of amides is 1. The van der Waals surface area contributed by atoms with Gasteiger partial charge in [0.25, 0.3) is 0 Å². The summed E-state index contributed by atoms with van der Waals surface area (Å²) in [5.74, 6) is 1.12. The topological polar surface area (TPSA) is 77.0 Å². The summed E-state index contributed by atoms with van der Waals surface area (Å²) in [6.07, 6.45) is 6.59. The van der Waals surface area contributed by atoms with Crippen LogP contribution >= 0.6 is 0 Å². The van der Waals surface area contributed by atoms with Gasteiger partial charge in [-0.2, -0.15) is 0 Å². The molecular weight excluding hydrogens is 230 g/mol. The van der Waals surface area contributed by atoms with Crippen molar-refractivity contribution in [2.45, 2.75) is 45.2 Å². The van der Waals surface area contributed by atoms with Gasteiger partial charge in [-0.25, -0.2) is 0 Å². The smallest absolute Gasteiger partial charge is 0.223 e. The Morgan fingerprint density at radius 1 is 1.28 bits per heavy atom. The Balaban J connectivity index is 1.71. The summed E-state index contributed by atoms with van der Waals surface area (Å²) >= 11 is 0. The van der Waals surface area contributed by atoms with Crippen LogP contribution in [0.1, 0.15) is 37.9 Å². The van der Waals surface area contributed by atoms with E-state index in [0.29, 0.717) is 13.0 Å². The molecule has 100 valence electrons. The summed E-state index contributed by atoms with van der Waals surface area (Å²) in [5.41, 5.74) is 5.43. The van der Waals surface area contributed by atoms with E-state index < -0.39 is 0 Å². The Morgan fingerprint density at radius 2 is 2.11 bits per heavy atom. The fourth-order valence-corrected chi connectivity index (χ4v) is 2.21. The first-order valence-corrected chi connectivity index (χ1v) is 6.66. The third kappa shape index (κ3) is 3.29. The van der Waals surface area contributed by atoms with Gasteiger partial charge in [0.2, 0.25) is 5.91 Å². The highest BCUT2D eigenvalue weighted by Gasteiger charge is 2.20. The average molecular weight is 251 g/mol. The lowest BCUT2D eigenvalue weighted by Crippen LogP contribution is -2.38. The average Bonchev–Trinajstić information content (AvgIpc) is 2.85. The zero-order valence-electron chi connectivity index (χ0n) is 10.7. The number of unbranched alkanes of at least 4 members (excludes halogenated alkanes) is 3. The molecule has 0 bridgehead atoms. The molecule has 0 aromatic carbocycles. The van der Waals surface area contributed by atoms with Gasteiger partial charge in [-0.15, -0.1) is 10.2 Å². The molecule has 1 aromatic heterocycles. The second-order valence-electron chi connectivity index (χ2n) is 4.71. The highest BCUT2D eigenvalue weighted by molar-refractivity contribution is 5.76. The van der Waals surface area contributed by atoms with Gasteiger partial charge >= 0.3 is 0 Å². The minimum atomic E-state index is 0.233. The van der Waals surface area contributed by atoms with Crippen LogP contribution in [0.25, 0.3) is 0 Å². The molecule has 0 aliphatic carbocycles. The summed E-state index contributed by atoms with van der Waals surface area (Å²) < 4.78 is 2.00. The maximum absolute atomic E-state index is 12.0. The highest BCUT2D eigenvalue weighted by Crippen LogP contribution is 2.12. The van der Waals surface area contributed by atoms with Crippen molar-refractivity contribution in [3.63, 3.8) is 0 Å². The first-order valence-electron chi connectivity index (χ1n) is 6.66. The van der Waals surface area contributed by atoms with Gasteiger partial charge < -0.3 is 15.2 Å². The van der Waals surface area contributed by atoms with E-state index in [-0.39, 0.29) is 5.91 Å². The molecule has 0 radical (unpaired) electrons. The molecule has 6 nitrogen and oxygen atoms in total. The molecule has 1 amide bonds. The van der Waals surface area contributed by atoms with E-state index >= 15 is 0 Å². The molecule has 0 unspecified atom stereocenters. The summed E-state index contributed by atoms with van der Waals surface area (Å²) in [4.78, 5) is 13.9. The van der Waals surface area contributed by atoms with Gasteiger partial charge in [-0.05, 0) is 19.4 Å². The second kappa shape index (κ2) is 6.49. The molecule has 1 aliphatic rings. The number of aromatic nitrogens is 3. The first kappa shape index (κ1) is 13.0. The zero-order chi connectivity index (χ0) is 12.8. The summed E-state index contributed by atoms with van der Waals surface area (Å²) in [6, 6.07) is 0. The molecule has 0 saturated carbocycles. The van der Waals surface area contributed by atoms with Crippen LogP contribution in [-0.2, 0) is 17.9 Å². The predicted octanol–water partition coefficient (Wildman–Crippen LogP) is 0.529. The maximum atomic E-state index is 12.0. The molecule has 0 fully saturated rings. The van der Waals surface area contributed by atoms with Crippen LogP contribution in [0.15, 0.2) is 6.33 Å². The zero-order valence-corrected chi connectivity index (χ0v) is 10.7. The van der Waals surface area contributed by atoms with E-state index in [1.165, 1.54) is 0 Å². The standard InChI is InChI=1S/C12H21N5O/c13-6-4-2-1-3-5-12(18)16-7-8-17-10-14-15-11(17)9-16/h10H,1-9,13H2. The Hall–Kier alpha value is -1.43. The van der Waals surface area contributed by atoms with E-state index in [1.807, 2.05) is 9.47 Å². The second-order valence-corrected chi connectivity index (χ2v) is 4.71. The minimum Gasteiger partial charge on any atom is -0.333 e. The van der Waals surface area contributed by atoms with Crippen LogP contribution in [0.4, 0.5) is 0 Å². The molecule has 0 atom stereocenters. The van der Waals surface area contributed by atoms with Gasteiger partial charge in [0.1, 0.15) is 6.33 Å². The van der Waals surface area contributed by atoms with Crippen molar-refractivity contribution in [2.24, 2.45) is 5.73 Å². The third-order valence-corrected chi connectivity index (χ3v) is 3.34. The number of nitrogens with two attached hydrogens (primary N) is 1. The lowest BCUT2D eigenvalue weighted by atomic mass is 10.1. The van der Waals surface area contributed by atoms with Crippen LogP contribution in [-0.4, -0.2) is 38.7 Å². The molecular formula is C12H21N5O. The van der Waals surface area contributed by atoms with Crippen molar-refractivity contribution in [1.82, 2.24) is 19.7 Å². The molecule has 2 heterocycles. The third-order valence-electron chi connectivity index (χ3n) is 3.34. The van der Waals surface area contributed by atoms with E-state index in [2.05, 4.69) is 10.2 Å². The number of rotatable bonds is 6. The van der Waals surface area contributed by atoms with Gasteiger partial charge in [-0.1, -0.05) is 12.8 Å². The largest absolute Gasteiger partial charge is 0.333 e. The van der Waals surface area contributed by atoms with Crippen molar-refractivity contribution >= 4 is 5.91 Å². The minimum absolute atomic E-state index is 0.233. The molecule has 18 heavy (non-hydrogen) atoms. The van der Waals surface area contributed by atoms with Crippen LogP contribution < -0.4 is 5.73 Å². The van der Waals surface area contributed by atoms with Crippen LogP contribution in [0.2, 0.25) is 0 Å². The number of hydrogen-bond donors (Lipinski definition) is 1. The molecule has 1 aromatic rings. The first-order chi connectivity index (χ1) is 8.81. The number of hydrogen-bond acceptors (Lipinski definition) is 4. The van der Waals surface area contributed by atoms with Gasteiger partial charge in [-0.3, -0.25) is 4.79 Å². The fraction of sp³-hybridized carbons (Fsp3) is 0.750. The Labute approximate surface area is 107 Å². The number of carbonyl (C=O) groups is 1. The molecule has 2 rings (SSSR count). The fourth-order valence-electron chi connectivity index (χ4n) is 2.21. The molecule has 6 heteroatoms. The van der Waals surface area contributed by atoms with Crippen molar-refractivity contribution in [3.05, 3.63) is 12.2 Å². The van der Waals surface area contributed by atoms with Gasteiger partial charge in [0.05, 0.1) is 6.54 Å². The van der Waals surface area contributed by atoms with Crippen molar-refractivity contribution in [3.8, 4) is 0 Å². The molecule has 0 spiro atoms. The van der Waals surface area contributed by atoms with Gasteiger partial charge in [0, 0.05) is 19.5 Å². The highest BCUT2D eigenvalue weighted by atomic mass is 16.2. The molecule has 0 saturated heterocycles. The lowest BCUT2D eigenvalue weighted by Gasteiger charge is -2.27. The van der Waals surface area contributed by atoms with E-state index in [1.54, 1.807) is 6.33 Å². The van der Waals surface area contributed by atoms with Gasteiger partial charge in [0.15, 0.2) is 5.82 Å². The van der Waals surface area contributed by atoms with Crippen molar-refractivity contribution in [2.75, 3.05) is 13.1 Å². The van der Waals surface area contributed by atoms with E-state index in [4.69, 9.17) is 5.73 Å². The van der Waals surface area contributed by atoms with E-state index in [0.717, 1.165) is 51.1 Å². The van der Waals surface area contributed by atoms with Crippen LogP contribution in [0, 0.1) is 0 Å². The van der Waals surface area contributed by atoms with Crippen molar-refractivity contribution in [1.29, 1.82) is 0 Å². The Morgan fingerprint density at radius 3 is 2.94 bits per heavy atom. The van der Waals surface area contributed by atoms with Crippen molar-refractivity contribution < 1.29 is 4.79 Å². The SMILES string of the molecule is NCCCCCCC(=O)N1CCn2cnnc2C1. The summed E-state index contributed by atoms with van der Waals surface area (Å²) in [7, 11) is 0. The number of fused-ring (bicyclic) bond motifs is 1. The van der Waals surface area contributed by atoms with E-state index in [9.17, 15) is 4.79 Å². The summed E-state index contributed by atoms with van der Waals surface area (Å²) in [6.45, 7) is 2.92. The number of carbonyl (C=O) groups excluding carboxylic acids is 1. The van der Waals surface area contributed by atoms with Crippen LogP contribution in [0.5, 0.6) is 0 Å². The normalized spacial score (nSPS) is 14.6. The summed E-state index contributed by atoms with van der Waals surface area (Å²) in [5, 5.41) is 7.87. The number of nitrogens with zero attached hydrogens (tertiary/aromatic N) is 4. The maximum Gasteiger partial charge on any atom is 0.223 e. The predicted molar refractivity (Wildman–Crippen MR) is 67.6 cm³/mol. The quantitative estimate of drug-likeness (QED) is 0.748. The van der Waals surface area contributed by atoms with Crippen LogP contribution in [0.3, 0.4) is 0 Å². The molecule has 2 N–H and O–H groups in total. The monoisotopic (exact) mass is 251 g/mol. The lowest BCUT2D eigenvalue weighted by molar-refractivity contribution is -0.132. The molecule has 1 aliphatic heterocycles.